The highest BCUT2D eigenvalue weighted by atomic mass is 15.6. The first-order valence-electron chi connectivity index (χ1n) is 5.65. The van der Waals surface area contributed by atoms with Crippen molar-refractivity contribution >= 4 is 5.95 Å². The minimum atomic E-state index is 0.529. The maximum Gasteiger partial charge on any atom is 0.242 e. The van der Waals surface area contributed by atoms with E-state index in [0.29, 0.717) is 6.04 Å². The number of aromatic nitrogens is 4. The maximum absolute atomic E-state index is 3.94. The van der Waals surface area contributed by atoms with Gasteiger partial charge in [-0.3, -0.25) is 0 Å². The molecule has 0 saturated heterocycles. The van der Waals surface area contributed by atoms with E-state index >= 15 is 0 Å². The number of rotatable bonds is 2. The molecule has 0 radical (unpaired) electrons. The van der Waals surface area contributed by atoms with Gasteiger partial charge in [0.2, 0.25) is 5.95 Å². The third kappa shape index (κ3) is 2.27. The average molecular weight is 209 g/mol. The summed E-state index contributed by atoms with van der Waals surface area (Å²) in [7, 11) is 1.86. The molecule has 1 heterocycles. The predicted octanol–water partition coefficient (Wildman–Crippen LogP) is 1.45. The number of nitrogens with zero attached hydrogens (tertiary/aromatic N) is 4. The largest absolute Gasteiger partial charge is 0.350 e. The van der Waals surface area contributed by atoms with E-state index in [1.807, 2.05) is 7.05 Å². The first-order valence-corrected chi connectivity index (χ1v) is 5.65. The minimum absolute atomic E-state index is 0.529. The van der Waals surface area contributed by atoms with Crippen molar-refractivity contribution < 1.29 is 0 Å². The highest BCUT2D eigenvalue weighted by Crippen LogP contribution is 2.30. The molecule has 5 heteroatoms. The van der Waals surface area contributed by atoms with Gasteiger partial charge in [0.25, 0.3) is 0 Å². The molecule has 0 bridgehead atoms. The molecular formula is C10H19N5. The molecule has 1 aliphatic carbocycles. The lowest BCUT2D eigenvalue weighted by molar-refractivity contribution is 0.260. The van der Waals surface area contributed by atoms with Crippen LogP contribution in [0.4, 0.5) is 5.95 Å². The Hall–Kier alpha value is -1.13. The normalized spacial score (nSPS) is 31.5. The smallest absolute Gasteiger partial charge is 0.242 e. The van der Waals surface area contributed by atoms with Crippen LogP contribution in [0.3, 0.4) is 0 Å². The Morgan fingerprint density at radius 3 is 2.67 bits per heavy atom. The first-order chi connectivity index (χ1) is 7.16. The van der Waals surface area contributed by atoms with E-state index < -0.39 is 0 Å². The number of anilines is 1. The van der Waals surface area contributed by atoms with Crippen LogP contribution in [-0.4, -0.2) is 26.2 Å². The van der Waals surface area contributed by atoms with Gasteiger partial charge in [0, 0.05) is 13.1 Å². The lowest BCUT2D eigenvalue weighted by Gasteiger charge is -2.32. The fraction of sp³-hybridized carbons (Fsp3) is 0.900. The molecule has 1 saturated carbocycles. The van der Waals surface area contributed by atoms with E-state index in [4.69, 9.17) is 0 Å². The zero-order valence-electron chi connectivity index (χ0n) is 9.64. The Labute approximate surface area is 90.2 Å². The molecule has 0 aliphatic heterocycles. The second kappa shape index (κ2) is 4.16. The molecule has 1 aromatic heterocycles. The highest BCUT2D eigenvalue weighted by Gasteiger charge is 2.25. The number of nitrogens with one attached hydrogen (secondary N) is 1. The van der Waals surface area contributed by atoms with Crippen LogP contribution in [0.1, 0.15) is 33.1 Å². The molecule has 3 atom stereocenters. The van der Waals surface area contributed by atoms with Crippen LogP contribution in [0.25, 0.3) is 0 Å². The van der Waals surface area contributed by atoms with Crippen LogP contribution in [-0.2, 0) is 7.05 Å². The van der Waals surface area contributed by atoms with Crippen molar-refractivity contribution in [3.8, 4) is 0 Å². The highest BCUT2D eigenvalue weighted by molar-refractivity contribution is 5.23. The van der Waals surface area contributed by atoms with E-state index in [1.165, 1.54) is 19.3 Å². The van der Waals surface area contributed by atoms with E-state index in [2.05, 4.69) is 34.7 Å². The Kier molecular flexibility index (Phi) is 2.88. The lowest BCUT2D eigenvalue weighted by Crippen LogP contribution is -2.31. The molecule has 0 aromatic carbocycles. The summed E-state index contributed by atoms with van der Waals surface area (Å²) in [5.74, 6) is 2.42. The summed E-state index contributed by atoms with van der Waals surface area (Å²) in [6.45, 7) is 4.66. The summed E-state index contributed by atoms with van der Waals surface area (Å²) in [6, 6.07) is 0.529. The summed E-state index contributed by atoms with van der Waals surface area (Å²) in [5.41, 5.74) is 0. The quantitative estimate of drug-likeness (QED) is 0.801. The number of tetrazole rings is 1. The molecule has 3 unspecified atom stereocenters. The molecule has 1 aromatic rings. The van der Waals surface area contributed by atoms with E-state index in [-0.39, 0.29) is 0 Å². The van der Waals surface area contributed by atoms with Crippen LogP contribution >= 0.6 is 0 Å². The molecule has 1 aliphatic rings. The predicted molar refractivity (Wildman–Crippen MR) is 58.4 cm³/mol. The molecule has 0 amide bonds. The van der Waals surface area contributed by atoms with Gasteiger partial charge in [-0.25, -0.2) is 4.68 Å². The fourth-order valence-electron chi connectivity index (χ4n) is 2.21. The van der Waals surface area contributed by atoms with Crippen molar-refractivity contribution in [2.24, 2.45) is 18.9 Å². The standard InChI is InChI=1S/C10H19N5/c1-7-4-5-9(6-8(7)2)11-10-12-13-14-15(10)3/h7-9H,4-6H2,1-3H3,(H,11,12,14). The maximum atomic E-state index is 3.94. The van der Waals surface area contributed by atoms with E-state index in [1.54, 1.807) is 4.68 Å². The second-order valence-electron chi connectivity index (χ2n) is 4.73. The Morgan fingerprint density at radius 2 is 2.07 bits per heavy atom. The molecule has 2 rings (SSSR count). The number of hydrogen-bond donors (Lipinski definition) is 1. The van der Waals surface area contributed by atoms with Crippen LogP contribution in [0.2, 0.25) is 0 Å². The minimum Gasteiger partial charge on any atom is -0.350 e. The van der Waals surface area contributed by atoms with Gasteiger partial charge in [0.15, 0.2) is 0 Å². The Bertz CT molecular complexity index is 321. The van der Waals surface area contributed by atoms with Crippen LogP contribution in [0, 0.1) is 11.8 Å². The lowest BCUT2D eigenvalue weighted by atomic mass is 9.79. The third-order valence-electron chi connectivity index (χ3n) is 3.55. The molecule has 1 N–H and O–H groups in total. The molecular weight excluding hydrogens is 190 g/mol. The summed E-state index contributed by atoms with van der Waals surface area (Å²) in [5, 5.41) is 14.8. The van der Waals surface area contributed by atoms with Crippen LogP contribution < -0.4 is 5.32 Å². The fourth-order valence-corrected chi connectivity index (χ4v) is 2.21. The Morgan fingerprint density at radius 1 is 1.27 bits per heavy atom. The van der Waals surface area contributed by atoms with Gasteiger partial charge in [0.05, 0.1) is 0 Å². The molecule has 0 spiro atoms. The van der Waals surface area contributed by atoms with Gasteiger partial charge in [-0.1, -0.05) is 18.9 Å². The van der Waals surface area contributed by atoms with Gasteiger partial charge in [-0.05, 0) is 41.5 Å². The number of aryl methyl sites for hydroxylation is 1. The summed E-state index contributed by atoms with van der Waals surface area (Å²) in [6.07, 6.45) is 3.73. The average Bonchev–Trinajstić information content (AvgIpc) is 2.59. The van der Waals surface area contributed by atoms with Gasteiger partial charge >= 0.3 is 0 Å². The SMILES string of the molecule is CC1CCC(Nc2nnnn2C)CC1C. The number of hydrogen-bond acceptors (Lipinski definition) is 4. The van der Waals surface area contributed by atoms with Crippen molar-refractivity contribution in [1.82, 2.24) is 20.2 Å². The van der Waals surface area contributed by atoms with Crippen molar-refractivity contribution in [3.05, 3.63) is 0 Å². The van der Waals surface area contributed by atoms with Crippen molar-refractivity contribution in [2.45, 2.75) is 39.2 Å². The van der Waals surface area contributed by atoms with Crippen molar-refractivity contribution in [3.63, 3.8) is 0 Å². The third-order valence-corrected chi connectivity index (χ3v) is 3.55. The Balaban J connectivity index is 1.94. The summed E-state index contributed by atoms with van der Waals surface area (Å²) < 4.78 is 1.68. The summed E-state index contributed by atoms with van der Waals surface area (Å²) >= 11 is 0. The van der Waals surface area contributed by atoms with Gasteiger partial charge in [0.1, 0.15) is 0 Å². The first kappa shape index (κ1) is 10.4. The van der Waals surface area contributed by atoms with Crippen LogP contribution in [0.5, 0.6) is 0 Å². The summed E-state index contributed by atoms with van der Waals surface area (Å²) in [4.78, 5) is 0. The van der Waals surface area contributed by atoms with Gasteiger partial charge in [-0.15, -0.1) is 0 Å². The molecule has 84 valence electrons. The topological polar surface area (TPSA) is 55.6 Å². The molecule has 5 nitrogen and oxygen atoms in total. The van der Waals surface area contributed by atoms with Crippen molar-refractivity contribution in [2.75, 3.05) is 5.32 Å². The van der Waals surface area contributed by atoms with E-state index in [9.17, 15) is 0 Å². The van der Waals surface area contributed by atoms with Crippen LogP contribution in [0.15, 0.2) is 0 Å². The molecule has 1 fully saturated rings. The zero-order valence-corrected chi connectivity index (χ0v) is 9.64. The zero-order chi connectivity index (χ0) is 10.8. The van der Waals surface area contributed by atoms with Gasteiger partial charge in [-0.2, -0.15) is 0 Å². The second-order valence-corrected chi connectivity index (χ2v) is 4.73. The van der Waals surface area contributed by atoms with Gasteiger partial charge < -0.3 is 5.32 Å². The van der Waals surface area contributed by atoms with E-state index in [0.717, 1.165) is 17.8 Å². The van der Waals surface area contributed by atoms with Crippen molar-refractivity contribution in [1.29, 1.82) is 0 Å². The monoisotopic (exact) mass is 209 g/mol. The molecule has 15 heavy (non-hydrogen) atoms.